The van der Waals surface area contributed by atoms with Crippen LogP contribution < -0.4 is 4.18 Å². The molecule has 0 radical (unpaired) electrons. The lowest BCUT2D eigenvalue weighted by molar-refractivity contribution is -0.0500. The highest BCUT2D eigenvalue weighted by molar-refractivity contribution is 7.88. The van der Waals surface area contributed by atoms with E-state index in [9.17, 15) is 26.4 Å². The Hall–Kier alpha value is -2.85. The van der Waals surface area contributed by atoms with Crippen LogP contribution in [0.3, 0.4) is 0 Å². The lowest BCUT2D eigenvalue weighted by Gasteiger charge is -2.27. The van der Waals surface area contributed by atoms with Crippen molar-refractivity contribution in [3.63, 3.8) is 0 Å². The number of nitrogens with zero attached hydrogens (tertiary/aromatic N) is 2. The second-order valence-electron chi connectivity index (χ2n) is 8.35. The summed E-state index contributed by atoms with van der Waals surface area (Å²) in [6, 6.07) is 12.8. The van der Waals surface area contributed by atoms with E-state index in [1.807, 2.05) is 33.0 Å². The minimum Gasteiger partial charge on any atom is -0.376 e. The molecule has 0 unspecified atom stereocenters. The molecule has 0 bridgehead atoms. The summed E-state index contributed by atoms with van der Waals surface area (Å²) in [5.74, 6) is -0.498. The van der Waals surface area contributed by atoms with Gasteiger partial charge in [-0.2, -0.15) is 21.6 Å². The minimum atomic E-state index is -5.78. The van der Waals surface area contributed by atoms with Crippen molar-refractivity contribution in [2.45, 2.75) is 32.2 Å². The Morgan fingerprint density at radius 2 is 1.54 bits per heavy atom. The fourth-order valence-electron chi connectivity index (χ4n) is 4.06. The molecule has 0 aromatic heterocycles. The van der Waals surface area contributed by atoms with Gasteiger partial charge in [0.05, 0.1) is 0 Å². The Morgan fingerprint density at radius 1 is 0.971 bits per heavy atom. The fourth-order valence-corrected chi connectivity index (χ4v) is 4.52. The van der Waals surface area contributed by atoms with Crippen LogP contribution >= 0.6 is 0 Å². The highest BCUT2D eigenvalue weighted by Gasteiger charge is 2.48. The lowest BCUT2D eigenvalue weighted by Crippen LogP contribution is -2.30. The standard InChI is InChI=1S/C25H29F3N2O4S/c1-4-30(5-2)24(31)20-11-9-18(10-12-20)23(19-13-15-29(3)16-14-19)21-7-6-8-22(17-21)34-35(32,33)25(26,27)28/h6-12,17H,4-5,13-16H2,1-3H3. The zero-order valence-corrected chi connectivity index (χ0v) is 20.7. The molecule has 35 heavy (non-hydrogen) atoms. The van der Waals surface area contributed by atoms with Crippen LogP contribution in [0.5, 0.6) is 5.75 Å². The largest absolute Gasteiger partial charge is 0.534 e. The molecular weight excluding hydrogens is 481 g/mol. The van der Waals surface area contributed by atoms with E-state index in [1.165, 1.54) is 18.2 Å². The molecule has 0 N–H and O–H groups in total. The van der Waals surface area contributed by atoms with E-state index in [2.05, 4.69) is 9.08 Å². The van der Waals surface area contributed by atoms with Crippen molar-refractivity contribution in [1.82, 2.24) is 9.80 Å². The third-order valence-corrected chi connectivity index (χ3v) is 7.01. The van der Waals surface area contributed by atoms with Crippen LogP contribution in [0.2, 0.25) is 0 Å². The molecule has 0 aliphatic carbocycles. The molecule has 2 aromatic rings. The molecule has 2 aromatic carbocycles. The van der Waals surface area contributed by atoms with Gasteiger partial charge < -0.3 is 14.0 Å². The first-order chi connectivity index (χ1) is 16.5. The first-order valence-corrected chi connectivity index (χ1v) is 12.8. The zero-order valence-electron chi connectivity index (χ0n) is 19.9. The number of hydrogen-bond donors (Lipinski definition) is 0. The maximum atomic E-state index is 12.8. The highest BCUT2D eigenvalue weighted by atomic mass is 32.2. The Balaban J connectivity index is 2.03. The van der Waals surface area contributed by atoms with Crippen molar-refractivity contribution in [1.29, 1.82) is 0 Å². The van der Waals surface area contributed by atoms with Crippen LogP contribution in [0.1, 0.15) is 48.2 Å². The van der Waals surface area contributed by atoms with Gasteiger partial charge in [-0.25, -0.2) is 0 Å². The number of hydrogen-bond acceptors (Lipinski definition) is 5. The molecule has 1 saturated heterocycles. The van der Waals surface area contributed by atoms with E-state index in [0.29, 0.717) is 24.2 Å². The summed E-state index contributed by atoms with van der Waals surface area (Å²) in [6.07, 6.45) is 1.50. The van der Waals surface area contributed by atoms with E-state index < -0.39 is 21.4 Å². The molecule has 0 saturated carbocycles. The van der Waals surface area contributed by atoms with Crippen molar-refractivity contribution >= 4 is 21.6 Å². The second-order valence-corrected chi connectivity index (χ2v) is 9.89. The number of alkyl halides is 3. The molecule has 10 heteroatoms. The SMILES string of the molecule is CCN(CC)C(=O)c1ccc(C(=C2CCN(C)CC2)c2cccc(OS(=O)(=O)C(F)(F)F)c2)cc1. The van der Waals surface area contributed by atoms with Crippen LogP contribution in [0.4, 0.5) is 13.2 Å². The molecule has 6 nitrogen and oxygen atoms in total. The summed E-state index contributed by atoms with van der Waals surface area (Å²) in [6.45, 7) is 6.63. The van der Waals surface area contributed by atoms with Gasteiger partial charge in [0.2, 0.25) is 0 Å². The zero-order chi connectivity index (χ0) is 25.8. The quantitative estimate of drug-likeness (QED) is 0.391. The first kappa shape index (κ1) is 26.7. The third-order valence-electron chi connectivity index (χ3n) is 6.03. The number of amides is 1. The molecule has 1 aliphatic heterocycles. The highest BCUT2D eigenvalue weighted by Crippen LogP contribution is 2.35. The van der Waals surface area contributed by atoms with E-state index in [4.69, 9.17) is 0 Å². The van der Waals surface area contributed by atoms with Crippen LogP contribution in [0, 0.1) is 0 Å². The molecule has 1 fully saturated rings. The number of carbonyl (C=O) groups is 1. The Kier molecular flexibility index (Phi) is 8.27. The Bertz CT molecular complexity index is 1180. The summed E-state index contributed by atoms with van der Waals surface area (Å²) in [7, 11) is -3.77. The summed E-state index contributed by atoms with van der Waals surface area (Å²) in [4.78, 5) is 16.6. The maximum Gasteiger partial charge on any atom is 0.534 e. The summed E-state index contributed by atoms with van der Waals surface area (Å²) in [5.41, 5.74) is -1.75. The van der Waals surface area contributed by atoms with Gasteiger partial charge in [0.1, 0.15) is 5.75 Å². The number of halogens is 3. The average molecular weight is 511 g/mol. The fraction of sp³-hybridized carbons (Fsp3) is 0.400. The lowest BCUT2D eigenvalue weighted by atomic mass is 9.88. The van der Waals surface area contributed by atoms with Crippen molar-refractivity contribution in [3.05, 3.63) is 70.8 Å². The smallest absolute Gasteiger partial charge is 0.376 e. The van der Waals surface area contributed by atoms with Gasteiger partial charge in [0, 0.05) is 31.7 Å². The second kappa shape index (κ2) is 10.8. The number of benzene rings is 2. The van der Waals surface area contributed by atoms with Crippen molar-refractivity contribution in [2.24, 2.45) is 0 Å². The van der Waals surface area contributed by atoms with Crippen molar-refractivity contribution < 1.29 is 30.6 Å². The van der Waals surface area contributed by atoms with Gasteiger partial charge in [-0.1, -0.05) is 29.8 Å². The predicted octanol–water partition coefficient (Wildman–Crippen LogP) is 4.92. The molecule has 0 spiro atoms. The van der Waals surface area contributed by atoms with E-state index >= 15 is 0 Å². The molecule has 1 heterocycles. The molecule has 1 amide bonds. The number of piperidine rings is 1. The summed E-state index contributed by atoms with van der Waals surface area (Å²) in [5, 5.41) is 0. The van der Waals surface area contributed by atoms with E-state index in [-0.39, 0.29) is 5.91 Å². The average Bonchev–Trinajstić information content (AvgIpc) is 2.81. The summed E-state index contributed by atoms with van der Waals surface area (Å²) < 4.78 is 65.9. The van der Waals surface area contributed by atoms with Gasteiger partial charge in [-0.3, -0.25) is 4.79 Å². The molecule has 0 atom stereocenters. The normalized spacial score (nSPS) is 15.1. The van der Waals surface area contributed by atoms with Gasteiger partial charge in [-0.05, 0) is 74.7 Å². The van der Waals surface area contributed by atoms with Crippen LogP contribution in [0.15, 0.2) is 54.1 Å². The first-order valence-electron chi connectivity index (χ1n) is 11.4. The number of rotatable bonds is 7. The molecule has 190 valence electrons. The van der Waals surface area contributed by atoms with Gasteiger partial charge in [0.25, 0.3) is 5.91 Å². The van der Waals surface area contributed by atoms with Gasteiger partial charge >= 0.3 is 15.6 Å². The molecule has 3 rings (SSSR count). The van der Waals surface area contributed by atoms with Crippen molar-refractivity contribution in [2.75, 3.05) is 33.2 Å². The number of likely N-dealkylation sites (tertiary alicyclic amines) is 1. The Labute approximate surface area is 204 Å². The van der Waals surface area contributed by atoms with Gasteiger partial charge in [-0.15, -0.1) is 0 Å². The minimum absolute atomic E-state index is 0.0807. The predicted molar refractivity (Wildman–Crippen MR) is 128 cm³/mol. The van der Waals surface area contributed by atoms with E-state index in [1.54, 1.807) is 23.1 Å². The van der Waals surface area contributed by atoms with Gasteiger partial charge in [0.15, 0.2) is 0 Å². The third kappa shape index (κ3) is 6.24. The van der Waals surface area contributed by atoms with E-state index in [0.717, 1.165) is 42.6 Å². The topological polar surface area (TPSA) is 66.9 Å². The monoisotopic (exact) mass is 510 g/mol. The van der Waals surface area contributed by atoms with Crippen LogP contribution in [-0.2, 0) is 10.1 Å². The van der Waals surface area contributed by atoms with Crippen LogP contribution in [0.25, 0.3) is 5.57 Å². The summed E-state index contributed by atoms with van der Waals surface area (Å²) >= 11 is 0. The molecule has 1 aliphatic rings. The maximum absolute atomic E-state index is 12.8. The van der Waals surface area contributed by atoms with Crippen molar-refractivity contribution in [3.8, 4) is 5.75 Å². The number of carbonyl (C=O) groups excluding carboxylic acids is 1. The van der Waals surface area contributed by atoms with Crippen LogP contribution in [-0.4, -0.2) is 62.9 Å². The molecular formula is C25H29F3N2O4S. The Morgan fingerprint density at radius 3 is 2.09 bits per heavy atom.